The summed E-state index contributed by atoms with van der Waals surface area (Å²) in [6, 6.07) is 16.4. The fourth-order valence-corrected chi connectivity index (χ4v) is 4.77. The maximum absolute atomic E-state index is 9.36. The zero-order valence-corrected chi connectivity index (χ0v) is 18.8. The van der Waals surface area contributed by atoms with Crippen molar-refractivity contribution >= 4 is 10.9 Å². The molecule has 4 aromatic rings. The van der Waals surface area contributed by atoms with Gasteiger partial charge < -0.3 is 5.11 Å². The van der Waals surface area contributed by atoms with Gasteiger partial charge in [0.15, 0.2) is 0 Å². The highest BCUT2D eigenvalue weighted by molar-refractivity contribution is 5.96. The Bertz CT molecular complexity index is 1450. The summed E-state index contributed by atoms with van der Waals surface area (Å²) in [6.45, 7) is 2.03. The van der Waals surface area contributed by atoms with Crippen molar-refractivity contribution < 1.29 is 5.11 Å². The van der Waals surface area contributed by atoms with Gasteiger partial charge in [0.1, 0.15) is 5.69 Å². The Balaban J connectivity index is 1.59. The van der Waals surface area contributed by atoms with E-state index in [0.717, 1.165) is 39.0 Å². The smallest absolute Gasteiger partial charge is 0.113 e. The van der Waals surface area contributed by atoms with E-state index in [1.54, 1.807) is 17.2 Å². The van der Waals surface area contributed by atoms with Crippen LogP contribution >= 0.6 is 0 Å². The summed E-state index contributed by atoms with van der Waals surface area (Å²) in [5, 5.41) is 38.1. The van der Waals surface area contributed by atoms with Gasteiger partial charge in [0.25, 0.3) is 0 Å². The minimum absolute atomic E-state index is 0.0701. The molecule has 1 aliphatic carbocycles. The minimum Gasteiger partial charge on any atom is -0.396 e. The number of aliphatic hydroxyl groups is 1. The second kappa shape index (κ2) is 8.66. The molecule has 0 atom stereocenters. The summed E-state index contributed by atoms with van der Waals surface area (Å²) in [5.41, 5.74) is 5.50. The van der Waals surface area contributed by atoms with Crippen LogP contribution in [0.2, 0.25) is 0 Å². The summed E-state index contributed by atoms with van der Waals surface area (Å²) >= 11 is 0. The standard InChI is InChI=1S/C26H23N7O/c1-17-19(6-10-34)4-5-23(31-17)20-11-22(21-3-2-9-29-24(21)12-20)25-16-30-33(32-25)26(7-8-27)13-18(14-26)15-28/h2-5,9,11-12,16,18,34H,6-7,10,13-14H2,1H3. The molecule has 0 saturated heterocycles. The SMILES string of the molecule is Cc1nc(-c2cc(-c3cnn(C4(CC#N)CC(C#N)C4)n3)c3cccnc3c2)ccc1CCO. The molecule has 1 N–H and O–H groups in total. The van der Waals surface area contributed by atoms with Gasteiger partial charge in [-0.2, -0.15) is 25.5 Å². The molecule has 8 heteroatoms. The normalized spacial score (nSPS) is 19.4. The lowest BCUT2D eigenvalue weighted by Gasteiger charge is -2.42. The molecule has 0 bridgehead atoms. The molecule has 0 radical (unpaired) electrons. The van der Waals surface area contributed by atoms with E-state index in [4.69, 9.17) is 10.1 Å². The molecule has 1 aliphatic rings. The number of nitrogens with zero attached hydrogens (tertiary/aromatic N) is 7. The van der Waals surface area contributed by atoms with Crippen molar-refractivity contribution in [2.45, 2.75) is 38.1 Å². The molecular formula is C26H23N7O. The molecule has 5 rings (SSSR count). The molecule has 1 saturated carbocycles. The maximum atomic E-state index is 9.36. The molecule has 3 aromatic heterocycles. The Morgan fingerprint density at radius 2 is 2.03 bits per heavy atom. The van der Waals surface area contributed by atoms with Crippen molar-refractivity contribution in [2.75, 3.05) is 6.61 Å². The Morgan fingerprint density at radius 3 is 2.76 bits per heavy atom. The maximum Gasteiger partial charge on any atom is 0.113 e. The Hall–Kier alpha value is -4.14. The van der Waals surface area contributed by atoms with Crippen LogP contribution in [-0.4, -0.2) is 36.7 Å². The number of aromatic nitrogens is 5. The molecule has 1 fully saturated rings. The minimum atomic E-state index is -0.528. The van der Waals surface area contributed by atoms with Crippen molar-refractivity contribution in [2.24, 2.45) is 5.92 Å². The lowest BCUT2D eigenvalue weighted by Crippen LogP contribution is -2.47. The first-order valence-corrected chi connectivity index (χ1v) is 11.2. The van der Waals surface area contributed by atoms with E-state index < -0.39 is 5.54 Å². The first-order valence-electron chi connectivity index (χ1n) is 11.2. The van der Waals surface area contributed by atoms with Crippen molar-refractivity contribution in [1.29, 1.82) is 10.5 Å². The number of hydrogen-bond acceptors (Lipinski definition) is 7. The summed E-state index contributed by atoms with van der Waals surface area (Å²) in [4.78, 5) is 11.0. The molecule has 0 amide bonds. The zero-order chi connectivity index (χ0) is 23.7. The number of hydrogen-bond donors (Lipinski definition) is 1. The van der Waals surface area contributed by atoms with E-state index in [9.17, 15) is 15.6 Å². The summed E-state index contributed by atoms with van der Waals surface area (Å²) in [5.74, 6) is -0.0701. The Kier molecular flexibility index (Phi) is 5.53. The van der Waals surface area contributed by atoms with Crippen molar-refractivity contribution in [3.05, 3.63) is 60.0 Å². The van der Waals surface area contributed by atoms with E-state index in [0.29, 0.717) is 25.0 Å². The average molecular weight is 450 g/mol. The Morgan fingerprint density at radius 1 is 1.18 bits per heavy atom. The second-order valence-corrected chi connectivity index (χ2v) is 8.82. The lowest BCUT2D eigenvalue weighted by molar-refractivity contribution is 0.0713. The highest BCUT2D eigenvalue weighted by atomic mass is 16.2. The van der Waals surface area contributed by atoms with Crippen LogP contribution in [0.4, 0.5) is 0 Å². The van der Waals surface area contributed by atoms with Crippen LogP contribution in [0.25, 0.3) is 33.4 Å². The molecule has 0 spiro atoms. The third-order valence-electron chi connectivity index (χ3n) is 6.63. The molecule has 0 unspecified atom stereocenters. The topological polar surface area (TPSA) is 124 Å². The largest absolute Gasteiger partial charge is 0.396 e. The third-order valence-corrected chi connectivity index (χ3v) is 6.63. The number of nitriles is 2. The molecule has 8 nitrogen and oxygen atoms in total. The molecule has 0 aliphatic heterocycles. The van der Waals surface area contributed by atoms with Crippen LogP contribution in [0.5, 0.6) is 0 Å². The molecule has 1 aromatic carbocycles. The van der Waals surface area contributed by atoms with E-state index in [-0.39, 0.29) is 18.9 Å². The van der Waals surface area contributed by atoms with Crippen molar-refractivity contribution in [3.8, 4) is 34.7 Å². The molecule has 3 heterocycles. The van der Waals surface area contributed by atoms with Crippen LogP contribution < -0.4 is 0 Å². The van der Waals surface area contributed by atoms with Gasteiger partial charge in [-0.1, -0.05) is 12.1 Å². The van der Waals surface area contributed by atoms with Gasteiger partial charge in [-0.05, 0) is 56.0 Å². The quantitative estimate of drug-likeness (QED) is 0.473. The lowest BCUT2D eigenvalue weighted by atomic mass is 9.68. The fourth-order valence-electron chi connectivity index (χ4n) is 4.77. The van der Waals surface area contributed by atoms with Crippen LogP contribution in [0.1, 0.15) is 30.5 Å². The molecule has 168 valence electrons. The van der Waals surface area contributed by atoms with E-state index in [1.165, 1.54) is 0 Å². The molecular weight excluding hydrogens is 426 g/mol. The fraction of sp³-hybridized carbons (Fsp3) is 0.308. The predicted octanol–water partition coefficient (Wildman–Crippen LogP) is 3.94. The van der Waals surface area contributed by atoms with Gasteiger partial charge in [-0.15, -0.1) is 0 Å². The highest BCUT2D eigenvalue weighted by Crippen LogP contribution is 2.45. The number of pyridine rings is 2. The van der Waals surface area contributed by atoms with Crippen LogP contribution in [-0.2, 0) is 12.0 Å². The highest BCUT2D eigenvalue weighted by Gasteiger charge is 2.48. The predicted molar refractivity (Wildman–Crippen MR) is 126 cm³/mol. The van der Waals surface area contributed by atoms with Crippen molar-refractivity contribution in [3.63, 3.8) is 0 Å². The number of benzene rings is 1. The first-order chi connectivity index (χ1) is 16.6. The van der Waals surface area contributed by atoms with Crippen LogP contribution in [0, 0.1) is 35.5 Å². The van der Waals surface area contributed by atoms with Crippen molar-refractivity contribution in [1.82, 2.24) is 25.0 Å². The van der Waals surface area contributed by atoms with Crippen LogP contribution in [0.15, 0.2) is 48.8 Å². The van der Waals surface area contributed by atoms with Gasteiger partial charge in [0.2, 0.25) is 0 Å². The van der Waals surface area contributed by atoms with Gasteiger partial charge in [0.05, 0.1) is 47.4 Å². The number of fused-ring (bicyclic) bond motifs is 1. The van der Waals surface area contributed by atoms with E-state index in [2.05, 4.69) is 22.2 Å². The average Bonchev–Trinajstić information content (AvgIpc) is 3.32. The second-order valence-electron chi connectivity index (χ2n) is 8.82. The molecule has 34 heavy (non-hydrogen) atoms. The van der Waals surface area contributed by atoms with Gasteiger partial charge in [-0.25, -0.2) is 0 Å². The monoisotopic (exact) mass is 449 g/mol. The zero-order valence-electron chi connectivity index (χ0n) is 18.8. The van der Waals surface area contributed by atoms with Gasteiger partial charge in [-0.3, -0.25) is 9.97 Å². The number of aliphatic hydroxyl groups excluding tert-OH is 1. The van der Waals surface area contributed by atoms with Gasteiger partial charge >= 0.3 is 0 Å². The summed E-state index contributed by atoms with van der Waals surface area (Å²) in [7, 11) is 0. The summed E-state index contributed by atoms with van der Waals surface area (Å²) in [6.07, 6.45) is 5.48. The first kappa shape index (κ1) is 21.7. The summed E-state index contributed by atoms with van der Waals surface area (Å²) < 4.78 is 0. The van der Waals surface area contributed by atoms with Crippen LogP contribution in [0.3, 0.4) is 0 Å². The number of rotatable bonds is 6. The van der Waals surface area contributed by atoms with E-state index >= 15 is 0 Å². The number of aryl methyl sites for hydroxylation is 1. The van der Waals surface area contributed by atoms with E-state index in [1.807, 2.05) is 43.3 Å². The Labute approximate surface area is 197 Å². The van der Waals surface area contributed by atoms with Gasteiger partial charge in [0, 0.05) is 35.0 Å². The third kappa shape index (κ3) is 3.68.